The zero-order valence-corrected chi connectivity index (χ0v) is 17.6. The lowest BCUT2D eigenvalue weighted by Gasteiger charge is -2.15. The van der Waals surface area contributed by atoms with Crippen molar-refractivity contribution in [3.05, 3.63) is 86.8 Å². The number of methoxy groups -OCH3 is 1. The Hall–Kier alpha value is -2.17. The molecular weight excluding hydrogens is 426 g/mol. The number of nitrogens with one attached hydrogen (secondary N) is 1. The summed E-state index contributed by atoms with van der Waals surface area (Å²) in [6.45, 7) is 3.22. The van der Waals surface area contributed by atoms with Gasteiger partial charge in [-0.2, -0.15) is 0 Å². The molecule has 0 saturated heterocycles. The summed E-state index contributed by atoms with van der Waals surface area (Å²) in [5.41, 5.74) is 4.47. The fraction of sp³-hybridized carbons (Fsp3) is 0.182. The first-order valence-electron chi connectivity index (χ1n) is 8.60. The Morgan fingerprint density at radius 2 is 1.74 bits per heavy atom. The van der Waals surface area contributed by atoms with Gasteiger partial charge in [0.25, 0.3) is 0 Å². The molecule has 0 aliphatic carbocycles. The van der Waals surface area contributed by atoms with E-state index in [4.69, 9.17) is 21.1 Å². The average Bonchev–Trinajstić information content (AvgIpc) is 2.67. The molecule has 3 nitrogen and oxygen atoms in total. The van der Waals surface area contributed by atoms with Crippen molar-refractivity contribution in [2.45, 2.75) is 20.1 Å². The van der Waals surface area contributed by atoms with E-state index in [9.17, 15) is 0 Å². The quantitative estimate of drug-likeness (QED) is 0.443. The molecule has 0 unspecified atom stereocenters. The number of para-hydroxylation sites is 1. The van der Waals surface area contributed by atoms with Crippen LogP contribution < -0.4 is 14.8 Å². The second-order valence-electron chi connectivity index (χ2n) is 6.19. The molecule has 0 spiro atoms. The van der Waals surface area contributed by atoms with E-state index in [0.29, 0.717) is 29.7 Å². The molecule has 0 aliphatic heterocycles. The van der Waals surface area contributed by atoms with E-state index in [1.807, 2.05) is 48.5 Å². The third-order valence-electron chi connectivity index (χ3n) is 4.21. The molecule has 0 bridgehead atoms. The lowest BCUT2D eigenvalue weighted by atomic mass is 10.1. The van der Waals surface area contributed by atoms with Crippen LogP contribution in [0.1, 0.15) is 16.7 Å². The number of anilines is 1. The Bertz CT molecular complexity index is 913. The number of benzene rings is 3. The van der Waals surface area contributed by atoms with Crippen LogP contribution in [0.3, 0.4) is 0 Å². The summed E-state index contributed by atoms with van der Waals surface area (Å²) in [7, 11) is 1.65. The molecule has 0 saturated carbocycles. The Balaban J connectivity index is 1.72. The van der Waals surface area contributed by atoms with E-state index in [2.05, 4.69) is 40.3 Å². The number of aryl methyl sites for hydroxylation is 1. The molecule has 3 rings (SSSR count). The molecule has 5 heteroatoms. The summed E-state index contributed by atoms with van der Waals surface area (Å²) in [5.74, 6) is 1.38. The third kappa shape index (κ3) is 5.18. The van der Waals surface area contributed by atoms with E-state index in [1.54, 1.807) is 7.11 Å². The highest BCUT2D eigenvalue weighted by atomic mass is 79.9. The molecule has 0 amide bonds. The molecular formula is C22H21BrClNO2. The minimum Gasteiger partial charge on any atom is -0.493 e. The highest BCUT2D eigenvalue weighted by Gasteiger charge is 2.12. The highest BCUT2D eigenvalue weighted by Crippen LogP contribution is 2.37. The first kappa shape index (κ1) is 19.6. The fourth-order valence-corrected chi connectivity index (χ4v) is 3.45. The summed E-state index contributed by atoms with van der Waals surface area (Å²) >= 11 is 9.54. The molecule has 0 fully saturated rings. The van der Waals surface area contributed by atoms with Crippen molar-refractivity contribution in [1.82, 2.24) is 0 Å². The number of rotatable bonds is 7. The van der Waals surface area contributed by atoms with Crippen LogP contribution in [0.15, 0.2) is 65.1 Å². The lowest BCUT2D eigenvalue weighted by Crippen LogP contribution is -2.03. The van der Waals surface area contributed by atoms with Crippen molar-refractivity contribution >= 4 is 33.2 Å². The predicted molar refractivity (Wildman–Crippen MR) is 115 cm³/mol. The summed E-state index contributed by atoms with van der Waals surface area (Å²) in [6.07, 6.45) is 0. The highest BCUT2D eigenvalue weighted by molar-refractivity contribution is 9.10. The maximum absolute atomic E-state index is 5.99. The molecule has 27 heavy (non-hydrogen) atoms. The smallest absolute Gasteiger partial charge is 0.175 e. The van der Waals surface area contributed by atoms with Gasteiger partial charge in [0, 0.05) is 17.3 Å². The van der Waals surface area contributed by atoms with Crippen molar-refractivity contribution in [3.63, 3.8) is 0 Å². The van der Waals surface area contributed by atoms with Crippen molar-refractivity contribution in [2.75, 3.05) is 12.4 Å². The Labute approximate surface area is 173 Å². The van der Waals surface area contributed by atoms with Crippen molar-refractivity contribution in [3.8, 4) is 11.5 Å². The molecule has 0 aliphatic rings. The molecule has 3 aromatic carbocycles. The molecule has 0 atom stereocenters. The van der Waals surface area contributed by atoms with Gasteiger partial charge in [-0.25, -0.2) is 0 Å². The van der Waals surface area contributed by atoms with Crippen LogP contribution in [0.2, 0.25) is 5.02 Å². The maximum Gasteiger partial charge on any atom is 0.175 e. The largest absolute Gasteiger partial charge is 0.493 e. The maximum atomic E-state index is 5.99. The molecule has 140 valence electrons. The van der Waals surface area contributed by atoms with E-state index in [-0.39, 0.29) is 0 Å². The summed E-state index contributed by atoms with van der Waals surface area (Å²) < 4.78 is 12.4. The number of ether oxygens (including phenoxy) is 2. The van der Waals surface area contributed by atoms with E-state index >= 15 is 0 Å². The zero-order valence-electron chi connectivity index (χ0n) is 15.3. The topological polar surface area (TPSA) is 30.5 Å². The second-order valence-corrected chi connectivity index (χ2v) is 7.48. The van der Waals surface area contributed by atoms with E-state index in [1.165, 1.54) is 5.56 Å². The van der Waals surface area contributed by atoms with Crippen molar-refractivity contribution in [2.24, 2.45) is 0 Å². The fourth-order valence-electron chi connectivity index (χ4n) is 2.72. The van der Waals surface area contributed by atoms with Crippen LogP contribution in [0, 0.1) is 6.92 Å². The van der Waals surface area contributed by atoms with Crippen LogP contribution in [0.4, 0.5) is 5.69 Å². The first-order chi connectivity index (χ1) is 13.1. The van der Waals surface area contributed by atoms with Crippen LogP contribution in [0.5, 0.6) is 11.5 Å². The van der Waals surface area contributed by atoms with Gasteiger partial charge in [0.1, 0.15) is 6.61 Å². The lowest BCUT2D eigenvalue weighted by molar-refractivity contribution is 0.282. The summed E-state index contributed by atoms with van der Waals surface area (Å²) in [6, 6.07) is 19.9. The van der Waals surface area contributed by atoms with Crippen LogP contribution in [-0.2, 0) is 13.2 Å². The zero-order chi connectivity index (χ0) is 19.2. The Kier molecular flexibility index (Phi) is 6.64. The van der Waals surface area contributed by atoms with Gasteiger partial charge in [-0.1, -0.05) is 41.9 Å². The van der Waals surface area contributed by atoms with Gasteiger partial charge in [0.05, 0.1) is 11.6 Å². The minimum atomic E-state index is 0.437. The third-order valence-corrected chi connectivity index (χ3v) is 5.05. The van der Waals surface area contributed by atoms with Crippen LogP contribution in [0.25, 0.3) is 0 Å². The van der Waals surface area contributed by atoms with Gasteiger partial charge in [-0.15, -0.1) is 0 Å². The summed E-state index contributed by atoms with van der Waals surface area (Å²) in [4.78, 5) is 0. The molecule has 0 heterocycles. The molecule has 3 aromatic rings. The van der Waals surface area contributed by atoms with Gasteiger partial charge in [0.15, 0.2) is 11.5 Å². The standard InChI is InChI=1S/C22H21BrClNO2/c1-15-5-3-4-6-20(15)25-13-17-11-19(23)22(21(12-17)26-2)27-14-16-7-9-18(24)10-8-16/h3-12,25H,13-14H2,1-2H3. The van der Waals surface area contributed by atoms with Gasteiger partial charge < -0.3 is 14.8 Å². The van der Waals surface area contributed by atoms with Gasteiger partial charge >= 0.3 is 0 Å². The molecule has 1 N–H and O–H groups in total. The minimum absolute atomic E-state index is 0.437. The van der Waals surface area contributed by atoms with Crippen LogP contribution in [-0.4, -0.2) is 7.11 Å². The molecule has 0 radical (unpaired) electrons. The second kappa shape index (κ2) is 9.16. The molecule has 0 aromatic heterocycles. The summed E-state index contributed by atoms with van der Waals surface area (Å²) in [5, 5.41) is 4.17. The van der Waals surface area contributed by atoms with Gasteiger partial charge in [-0.3, -0.25) is 0 Å². The van der Waals surface area contributed by atoms with E-state index in [0.717, 1.165) is 21.3 Å². The predicted octanol–water partition coefficient (Wildman–Crippen LogP) is 6.61. The van der Waals surface area contributed by atoms with Crippen LogP contribution >= 0.6 is 27.5 Å². The number of hydrogen-bond acceptors (Lipinski definition) is 3. The number of halogens is 2. The average molecular weight is 447 g/mol. The monoisotopic (exact) mass is 445 g/mol. The SMILES string of the molecule is COc1cc(CNc2ccccc2C)cc(Br)c1OCc1ccc(Cl)cc1. The van der Waals surface area contributed by atoms with E-state index < -0.39 is 0 Å². The first-order valence-corrected chi connectivity index (χ1v) is 9.77. The van der Waals surface area contributed by atoms with Crippen molar-refractivity contribution in [1.29, 1.82) is 0 Å². The normalized spacial score (nSPS) is 10.5. The van der Waals surface area contributed by atoms with Gasteiger partial charge in [-0.05, 0) is 69.9 Å². The Morgan fingerprint density at radius 3 is 2.44 bits per heavy atom. The van der Waals surface area contributed by atoms with Gasteiger partial charge in [0.2, 0.25) is 0 Å². The van der Waals surface area contributed by atoms with Crippen molar-refractivity contribution < 1.29 is 9.47 Å². The number of hydrogen-bond donors (Lipinski definition) is 1. The Morgan fingerprint density at radius 1 is 1.00 bits per heavy atom.